The summed E-state index contributed by atoms with van der Waals surface area (Å²) in [5.41, 5.74) is 2.06. The molecule has 2 aromatic rings. The summed E-state index contributed by atoms with van der Waals surface area (Å²) < 4.78 is 11.4. The van der Waals surface area contributed by atoms with Crippen LogP contribution in [0.1, 0.15) is 21.5 Å². The highest BCUT2D eigenvalue weighted by atomic mass is 79.9. The van der Waals surface area contributed by atoms with Crippen molar-refractivity contribution in [2.45, 2.75) is 6.42 Å². The van der Waals surface area contributed by atoms with E-state index in [0.29, 0.717) is 35.6 Å². The Labute approximate surface area is 149 Å². The van der Waals surface area contributed by atoms with Crippen molar-refractivity contribution >= 4 is 21.8 Å². The zero-order chi connectivity index (χ0) is 17.5. The molecular formula is C18H17BrN2O3. The van der Waals surface area contributed by atoms with Gasteiger partial charge in [-0.2, -0.15) is 5.26 Å². The zero-order valence-corrected chi connectivity index (χ0v) is 15.0. The molecular weight excluding hydrogens is 372 g/mol. The van der Waals surface area contributed by atoms with Gasteiger partial charge in [-0.3, -0.25) is 4.79 Å². The fourth-order valence-electron chi connectivity index (χ4n) is 2.20. The molecule has 0 bridgehead atoms. The molecule has 0 aromatic heterocycles. The summed E-state index contributed by atoms with van der Waals surface area (Å²) in [5.74, 6) is 1.12. The smallest absolute Gasteiger partial charge is 0.251 e. The van der Waals surface area contributed by atoms with Gasteiger partial charge < -0.3 is 14.8 Å². The van der Waals surface area contributed by atoms with E-state index in [4.69, 9.17) is 14.7 Å². The topological polar surface area (TPSA) is 71.3 Å². The Bertz CT molecular complexity index is 767. The van der Waals surface area contributed by atoms with Crippen LogP contribution in [0.25, 0.3) is 0 Å². The summed E-state index contributed by atoms with van der Waals surface area (Å²) in [4.78, 5) is 12.1. The van der Waals surface area contributed by atoms with Crippen LogP contribution in [0.3, 0.4) is 0 Å². The summed E-state index contributed by atoms with van der Waals surface area (Å²) in [5, 5.41) is 11.6. The molecule has 6 heteroatoms. The van der Waals surface area contributed by atoms with Crippen molar-refractivity contribution in [2.75, 3.05) is 20.8 Å². The zero-order valence-electron chi connectivity index (χ0n) is 13.4. The maximum atomic E-state index is 12.1. The van der Waals surface area contributed by atoms with Crippen molar-refractivity contribution in [3.05, 3.63) is 57.6 Å². The van der Waals surface area contributed by atoms with Gasteiger partial charge in [0.05, 0.1) is 25.9 Å². The van der Waals surface area contributed by atoms with Crippen LogP contribution in [-0.2, 0) is 6.42 Å². The number of methoxy groups -OCH3 is 2. The first-order valence-corrected chi connectivity index (χ1v) is 8.07. The quantitative estimate of drug-likeness (QED) is 0.823. The van der Waals surface area contributed by atoms with Crippen molar-refractivity contribution in [2.24, 2.45) is 0 Å². The molecule has 0 heterocycles. The molecule has 0 aliphatic carbocycles. The van der Waals surface area contributed by atoms with Crippen LogP contribution >= 0.6 is 15.9 Å². The molecule has 1 N–H and O–H groups in total. The van der Waals surface area contributed by atoms with Gasteiger partial charge in [-0.05, 0) is 48.4 Å². The van der Waals surface area contributed by atoms with Gasteiger partial charge in [-0.15, -0.1) is 0 Å². The standard InChI is InChI=1S/C18H17BrN2O3/c1-23-16-9-14(15(19)10-17(16)24-2)7-8-21-18(22)13-5-3-12(11-20)4-6-13/h3-6,9-10H,7-8H2,1-2H3,(H,21,22). The predicted molar refractivity (Wildman–Crippen MR) is 94.4 cm³/mol. The predicted octanol–water partition coefficient (Wildman–Crippen LogP) is 3.31. The molecule has 2 aromatic carbocycles. The minimum atomic E-state index is -0.170. The van der Waals surface area contributed by atoms with Gasteiger partial charge in [0.2, 0.25) is 0 Å². The van der Waals surface area contributed by atoms with E-state index in [1.807, 2.05) is 18.2 Å². The minimum Gasteiger partial charge on any atom is -0.493 e. The molecule has 0 aliphatic rings. The van der Waals surface area contributed by atoms with E-state index in [2.05, 4.69) is 21.2 Å². The number of ether oxygens (including phenoxy) is 2. The van der Waals surface area contributed by atoms with Gasteiger partial charge in [0.1, 0.15) is 0 Å². The van der Waals surface area contributed by atoms with Crippen molar-refractivity contribution in [3.63, 3.8) is 0 Å². The van der Waals surface area contributed by atoms with Gasteiger partial charge in [0, 0.05) is 16.6 Å². The number of nitriles is 1. The van der Waals surface area contributed by atoms with Crippen LogP contribution < -0.4 is 14.8 Å². The first-order chi connectivity index (χ1) is 11.6. The highest BCUT2D eigenvalue weighted by Gasteiger charge is 2.10. The van der Waals surface area contributed by atoms with E-state index in [-0.39, 0.29) is 5.91 Å². The lowest BCUT2D eigenvalue weighted by atomic mass is 10.1. The van der Waals surface area contributed by atoms with Crippen LogP contribution in [0.2, 0.25) is 0 Å². The Morgan fingerprint density at radius 2 is 1.79 bits per heavy atom. The number of nitrogens with one attached hydrogen (secondary N) is 1. The second-order valence-electron chi connectivity index (χ2n) is 4.99. The molecule has 5 nitrogen and oxygen atoms in total. The van der Waals surface area contributed by atoms with E-state index in [1.165, 1.54) is 0 Å². The summed E-state index contributed by atoms with van der Waals surface area (Å²) in [7, 11) is 3.17. The fourth-order valence-corrected chi connectivity index (χ4v) is 2.72. The summed E-state index contributed by atoms with van der Waals surface area (Å²) >= 11 is 3.50. The van der Waals surface area contributed by atoms with E-state index in [0.717, 1.165) is 10.0 Å². The highest BCUT2D eigenvalue weighted by molar-refractivity contribution is 9.10. The Morgan fingerprint density at radius 1 is 1.17 bits per heavy atom. The molecule has 0 unspecified atom stereocenters. The Hall–Kier alpha value is -2.52. The van der Waals surface area contributed by atoms with E-state index < -0.39 is 0 Å². The monoisotopic (exact) mass is 388 g/mol. The third-order valence-corrected chi connectivity index (χ3v) is 4.25. The Morgan fingerprint density at radius 3 is 2.38 bits per heavy atom. The second-order valence-corrected chi connectivity index (χ2v) is 5.85. The number of carbonyl (C=O) groups is 1. The molecule has 0 saturated carbocycles. The normalized spacial score (nSPS) is 9.92. The van der Waals surface area contributed by atoms with Gasteiger partial charge >= 0.3 is 0 Å². The molecule has 0 saturated heterocycles. The van der Waals surface area contributed by atoms with Crippen molar-refractivity contribution < 1.29 is 14.3 Å². The molecule has 0 atom stereocenters. The summed E-state index contributed by atoms with van der Waals surface area (Å²) in [6.07, 6.45) is 0.642. The number of benzene rings is 2. The average molecular weight is 389 g/mol. The van der Waals surface area contributed by atoms with E-state index >= 15 is 0 Å². The lowest BCUT2D eigenvalue weighted by Crippen LogP contribution is -2.25. The van der Waals surface area contributed by atoms with E-state index in [1.54, 1.807) is 38.5 Å². The first-order valence-electron chi connectivity index (χ1n) is 7.27. The van der Waals surface area contributed by atoms with Crippen LogP contribution in [0.4, 0.5) is 0 Å². The molecule has 0 radical (unpaired) electrons. The fraction of sp³-hybridized carbons (Fsp3) is 0.222. The number of hydrogen-bond donors (Lipinski definition) is 1. The number of halogens is 1. The van der Waals surface area contributed by atoms with Gasteiger partial charge in [-0.1, -0.05) is 15.9 Å². The van der Waals surface area contributed by atoms with Gasteiger partial charge in [0.15, 0.2) is 11.5 Å². The van der Waals surface area contributed by atoms with Crippen LogP contribution in [0.15, 0.2) is 40.9 Å². The number of amides is 1. The van der Waals surface area contributed by atoms with Crippen molar-refractivity contribution in [1.82, 2.24) is 5.32 Å². The number of hydrogen-bond acceptors (Lipinski definition) is 4. The van der Waals surface area contributed by atoms with Crippen molar-refractivity contribution in [3.8, 4) is 17.6 Å². The van der Waals surface area contributed by atoms with Crippen LogP contribution in [0, 0.1) is 11.3 Å². The molecule has 1 amide bonds. The molecule has 0 fully saturated rings. The Balaban J connectivity index is 1.98. The molecule has 24 heavy (non-hydrogen) atoms. The Kier molecular flexibility index (Phi) is 6.21. The maximum Gasteiger partial charge on any atom is 0.251 e. The van der Waals surface area contributed by atoms with Gasteiger partial charge in [-0.25, -0.2) is 0 Å². The lowest BCUT2D eigenvalue weighted by molar-refractivity contribution is 0.0954. The summed E-state index contributed by atoms with van der Waals surface area (Å²) in [6, 6.07) is 12.3. The average Bonchev–Trinajstić information content (AvgIpc) is 2.62. The minimum absolute atomic E-state index is 0.170. The molecule has 0 spiro atoms. The third kappa shape index (κ3) is 4.27. The SMILES string of the molecule is COc1cc(Br)c(CCNC(=O)c2ccc(C#N)cc2)cc1OC. The lowest BCUT2D eigenvalue weighted by Gasteiger charge is -2.12. The number of nitrogens with zero attached hydrogens (tertiary/aromatic N) is 1. The van der Waals surface area contributed by atoms with Gasteiger partial charge in [0.25, 0.3) is 5.91 Å². The molecule has 124 valence electrons. The maximum absolute atomic E-state index is 12.1. The highest BCUT2D eigenvalue weighted by Crippen LogP contribution is 2.33. The van der Waals surface area contributed by atoms with Crippen LogP contribution in [-0.4, -0.2) is 26.7 Å². The molecule has 2 rings (SSSR count). The first kappa shape index (κ1) is 17.8. The second kappa shape index (κ2) is 8.37. The molecule has 0 aliphatic heterocycles. The van der Waals surface area contributed by atoms with Crippen molar-refractivity contribution in [1.29, 1.82) is 5.26 Å². The third-order valence-electron chi connectivity index (χ3n) is 3.51. The number of carbonyl (C=O) groups excluding carboxylic acids is 1. The largest absolute Gasteiger partial charge is 0.493 e. The summed E-state index contributed by atoms with van der Waals surface area (Å²) in [6.45, 7) is 0.479. The van der Waals surface area contributed by atoms with Crippen LogP contribution in [0.5, 0.6) is 11.5 Å². The van der Waals surface area contributed by atoms with E-state index in [9.17, 15) is 4.79 Å². The number of rotatable bonds is 6.